The van der Waals surface area contributed by atoms with E-state index < -0.39 is 5.97 Å². The summed E-state index contributed by atoms with van der Waals surface area (Å²) in [6.45, 7) is 4.20. The molecule has 0 atom stereocenters. The largest absolute Gasteiger partial charge is 0.478 e. The minimum absolute atomic E-state index is 0.824. The number of carboxylic acids is 1. The summed E-state index contributed by atoms with van der Waals surface area (Å²) < 4.78 is 0. The van der Waals surface area contributed by atoms with Gasteiger partial charge in [-0.3, -0.25) is 0 Å². The maximum absolute atomic E-state index is 10.7. The van der Waals surface area contributed by atoms with E-state index in [1.165, 1.54) is 22.1 Å². The van der Waals surface area contributed by atoms with Crippen LogP contribution in [0.1, 0.15) is 22.3 Å². The first-order valence-electron chi connectivity index (χ1n) is 6.75. The lowest BCUT2D eigenvalue weighted by Crippen LogP contribution is -1.90. The van der Waals surface area contributed by atoms with Crippen molar-refractivity contribution in [1.82, 2.24) is 0 Å². The van der Waals surface area contributed by atoms with Crippen LogP contribution in [0.2, 0.25) is 0 Å². The summed E-state index contributed by atoms with van der Waals surface area (Å²) in [5.41, 5.74) is 4.62. The second-order valence-corrected chi connectivity index (χ2v) is 5.95. The van der Waals surface area contributed by atoms with Gasteiger partial charge in [0.25, 0.3) is 0 Å². The maximum atomic E-state index is 10.7. The van der Waals surface area contributed by atoms with Crippen molar-refractivity contribution < 1.29 is 9.90 Å². The van der Waals surface area contributed by atoms with Crippen molar-refractivity contribution in [2.45, 2.75) is 24.5 Å². The predicted octanol–water partition coefficient (Wildman–Crippen LogP) is 4.69. The van der Waals surface area contributed by atoms with Crippen molar-refractivity contribution in [3.8, 4) is 0 Å². The van der Waals surface area contributed by atoms with Crippen molar-refractivity contribution >= 4 is 23.8 Å². The Morgan fingerprint density at radius 1 is 1.19 bits per heavy atom. The summed E-state index contributed by atoms with van der Waals surface area (Å²) in [4.78, 5) is 11.9. The highest BCUT2D eigenvalue weighted by Crippen LogP contribution is 2.28. The molecule has 0 fully saturated rings. The maximum Gasteiger partial charge on any atom is 0.328 e. The molecule has 0 unspecified atom stereocenters. The number of carboxylic acid groups (broad SMARTS) is 1. The molecule has 0 aromatic heterocycles. The van der Waals surface area contributed by atoms with E-state index in [0.29, 0.717) is 0 Å². The number of carbonyl (C=O) groups is 1. The first kappa shape index (κ1) is 15.4. The van der Waals surface area contributed by atoms with Crippen LogP contribution in [-0.2, 0) is 10.5 Å². The molecule has 108 valence electrons. The van der Waals surface area contributed by atoms with Crippen molar-refractivity contribution in [1.29, 1.82) is 0 Å². The highest BCUT2D eigenvalue weighted by atomic mass is 32.2. The molecule has 0 aliphatic heterocycles. The monoisotopic (exact) mass is 298 g/mol. The van der Waals surface area contributed by atoms with Crippen LogP contribution < -0.4 is 0 Å². The van der Waals surface area contributed by atoms with Gasteiger partial charge in [0, 0.05) is 16.7 Å². The average Bonchev–Trinajstić information content (AvgIpc) is 2.47. The molecule has 0 saturated carbocycles. The molecule has 0 aliphatic rings. The van der Waals surface area contributed by atoms with Crippen LogP contribution in [0.15, 0.2) is 53.4 Å². The molecular formula is C18H18O2S. The zero-order valence-corrected chi connectivity index (χ0v) is 13.0. The lowest BCUT2D eigenvalue weighted by Gasteiger charge is -2.09. The van der Waals surface area contributed by atoms with Crippen LogP contribution >= 0.6 is 11.8 Å². The zero-order chi connectivity index (χ0) is 15.2. The number of thioether (sulfide) groups is 1. The van der Waals surface area contributed by atoms with Gasteiger partial charge in [-0.15, -0.1) is 11.8 Å². The van der Waals surface area contributed by atoms with E-state index >= 15 is 0 Å². The fraction of sp³-hybridized carbons (Fsp3) is 0.167. The first-order chi connectivity index (χ1) is 10.1. The molecule has 1 N–H and O–H groups in total. The highest BCUT2D eigenvalue weighted by Gasteiger charge is 2.03. The van der Waals surface area contributed by atoms with Gasteiger partial charge in [-0.2, -0.15) is 0 Å². The molecule has 2 aromatic carbocycles. The van der Waals surface area contributed by atoms with Crippen molar-refractivity contribution in [3.05, 3.63) is 70.8 Å². The molecular weight excluding hydrogens is 280 g/mol. The van der Waals surface area contributed by atoms with Crippen LogP contribution in [0, 0.1) is 13.8 Å². The van der Waals surface area contributed by atoms with Crippen LogP contribution in [-0.4, -0.2) is 11.1 Å². The smallest absolute Gasteiger partial charge is 0.328 e. The molecule has 2 aromatic rings. The lowest BCUT2D eigenvalue weighted by molar-refractivity contribution is -0.131. The quantitative estimate of drug-likeness (QED) is 0.642. The lowest BCUT2D eigenvalue weighted by atomic mass is 10.1. The van der Waals surface area contributed by atoms with E-state index in [2.05, 4.69) is 32.0 Å². The summed E-state index contributed by atoms with van der Waals surface area (Å²) in [5, 5.41) is 8.75. The highest BCUT2D eigenvalue weighted by molar-refractivity contribution is 7.98. The van der Waals surface area contributed by atoms with E-state index in [0.717, 1.165) is 16.9 Å². The Kier molecular flexibility index (Phi) is 5.23. The van der Waals surface area contributed by atoms with Gasteiger partial charge in [0.2, 0.25) is 0 Å². The Morgan fingerprint density at radius 2 is 1.95 bits per heavy atom. The van der Waals surface area contributed by atoms with Crippen LogP contribution in [0.3, 0.4) is 0 Å². The Morgan fingerprint density at radius 3 is 2.71 bits per heavy atom. The Labute approximate surface area is 129 Å². The van der Waals surface area contributed by atoms with Crippen LogP contribution in [0.5, 0.6) is 0 Å². The van der Waals surface area contributed by atoms with Crippen molar-refractivity contribution in [2.75, 3.05) is 0 Å². The molecule has 0 aliphatic carbocycles. The number of hydrogen-bond acceptors (Lipinski definition) is 2. The molecule has 21 heavy (non-hydrogen) atoms. The average molecular weight is 298 g/mol. The zero-order valence-electron chi connectivity index (χ0n) is 12.2. The minimum Gasteiger partial charge on any atom is -0.478 e. The summed E-state index contributed by atoms with van der Waals surface area (Å²) in [6.07, 6.45) is 2.84. The fourth-order valence-electron chi connectivity index (χ4n) is 2.01. The Bertz CT molecular complexity index is 675. The molecule has 0 amide bonds. The molecule has 0 saturated heterocycles. The topological polar surface area (TPSA) is 37.3 Å². The molecule has 3 heteroatoms. The van der Waals surface area contributed by atoms with E-state index in [1.54, 1.807) is 17.8 Å². The SMILES string of the molecule is Cc1ccc(C)c(SCc2ccccc2C=CC(=O)O)c1. The van der Waals surface area contributed by atoms with E-state index in [4.69, 9.17) is 5.11 Å². The molecule has 2 rings (SSSR count). The third kappa shape index (κ3) is 4.50. The predicted molar refractivity (Wildman–Crippen MR) is 88.6 cm³/mol. The molecule has 0 spiro atoms. The number of hydrogen-bond donors (Lipinski definition) is 1. The van der Waals surface area contributed by atoms with Gasteiger partial charge in [0.05, 0.1) is 0 Å². The molecule has 0 heterocycles. The molecule has 2 nitrogen and oxygen atoms in total. The Hall–Kier alpha value is -2.00. The van der Waals surface area contributed by atoms with Crippen LogP contribution in [0.25, 0.3) is 6.08 Å². The van der Waals surface area contributed by atoms with Gasteiger partial charge in [-0.25, -0.2) is 4.79 Å². The molecule has 0 bridgehead atoms. The van der Waals surface area contributed by atoms with E-state index in [-0.39, 0.29) is 0 Å². The van der Waals surface area contributed by atoms with Gasteiger partial charge < -0.3 is 5.11 Å². The van der Waals surface area contributed by atoms with Gasteiger partial charge in [0.15, 0.2) is 0 Å². The summed E-state index contributed by atoms with van der Waals surface area (Å²) in [5.74, 6) is -0.100. The van der Waals surface area contributed by atoms with Gasteiger partial charge in [-0.05, 0) is 42.7 Å². The van der Waals surface area contributed by atoms with Crippen molar-refractivity contribution in [2.24, 2.45) is 0 Å². The van der Waals surface area contributed by atoms with E-state index in [1.807, 2.05) is 24.3 Å². The summed E-state index contributed by atoms with van der Waals surface area (Å²) in [7, 11) is 0. The normalized spacial score (nSPS) is 11.0. The van der Waals surface area contributed by atoms with Gasteiger partial charge in [0.1, 0.15) is 0 Å². The summed E-state index contributed by atoms with van der Waals surface area (Å²) in [6, 6.07) is 14.3. The minimum atomic E-state index is -0.924. The second kappa shape index (κ2) is 7.14. The Balaban J connectivity index is 2.16. The number of aliphatic carboxylic acids is 1. The van der Waals surface area contributed by atoms with E-state index in [9.17, 15) is 4.79 Å². The standard InChI is InChI=1S/C18H18O2S/c1-13-7-8-14(2)17(11-13)21-12-16-6-4-3-5-15(16)9-10-18(19)20/h3-11H,12H2,1-2H3,(H,19,20). The third-order valence-corrected chi connectivity index (χ3v) is 4.39. The second-order valence-electron chi connectivity index (χ2n) is 4.93. The fourth-order valence-corrected chi connectivity index (χ4v) is 3.15. The number of benzene rings is 2. The van der Waals surface area contributed by atoms with Crippen molar-refractivity contribution in [3.63, 3.8) is 0 Å². The van der Waals surface area contributed by atoms with Crippen LogP contribution in [0.4, 0.5) is 0 Å². The third-order valence-electron chi connectivity index (χ3n) is 3.19. The number of rotatable bonds is 5. The molecule has 0 radical (unpaired) electrons. The van der Waals surface area contributed by atoms with Gasteiger partial charge >= 0.3 is 5.97 Å². The first-order valence-corrected chi connectivity index (χ1v) is 7.74. The number of aryl methyl sites for hydroxylation is 2. The van der Waals surface area contributed by atoms with Gasteiger partial charge in [-0.1, -0.05) is 42.0 Å². The summed E-state index contributed by atoms with van der Waals surface area (Å²) >= 11 is 1.78.